The number of rotatable bonds is 5. The summed E-state index contributed by atoms with van der Waals surface area (Å²) < 4.78 is 5.59. The smallest absolute Gasteiger partial charge is 0.225 e. The number of aromatic nitrogens is 2. The van der Waals surface area contributed by atoms with Crippen LogP contribution >= 0.6 is 0 Å². The Morgan fingerprint density at radius 3 is 2.65 bits per heavy atom. The number of benzene rings is 1. The molecule has 0 spiro atoms. The highest BCUT2D eigenvalue weighted by atomic mass is 16.5. The van der Waals surface area contributed by atoms with E-state index in [1.165, 1.54) is 0 Å². The summed E-state index contributed by atoms with van der Waals surface area (Å²) in [4.78, 5) is 22.5. The van der Waals surface area contributed by atoms with Crippen molar-refractivity contribution in [2.45, 2.75) is 25.2 Å². The molecule has 2 heterocycles. The molecule has 0 aliphatic carbocycles. The monoisotopic (exact) mass is 311 g/mol. The highest BCUT2D eigenvalue weighted by molar-refractivity contribution is 5.76. The summed E-state index contributed by atoms with van der Waals surface area (Å²) in [6, 6.07) is 11.6. The Labute approximate surface area is 136 Å². The maximum atomic E-state index is 12.3. The zero-order chi connectivity index (χ0) is 15.9. The minimum atomic E-state index is 0.169. The topological polar surface area (TPSA) is 55.3 Å². The van der Waals surface area contributed by atoms with Crippen molar-refractivity contribution in [2.24, 2.45) is 0 Å². The quantitative estimate of drug-likeness (QED) is 0.852. The number of carbonyl (C=O) groups is 1. The predicted molar refractivity (Wildman–Crippen MR) is 87.1 cm³/mol. The molecular formula is C18H21N3O2. The summed E-state index contributed by atoms with van der Waals surface area (Å²) in [6.07, 6.45) is 5.71. The Hall–Kier alpha value is -2.43. The van der Waals surface area contributed by atoms with Crippen LogP contribution in [0.5, 0.6) is 5.75 Å². The maximum Gasteiger partial charge on any atom is 0.225 e. The van der Waals surface area contributed by atoms with E-state index in [4.69, 9.17) is 4.74 Å². The Morgan fingerprint density at radius 1 is 1.17 bits per heavy atom. The highest BCUT2D eigenvalue weighted by Crippen LogP contribution is 2.26. The van der Waals surface area contributed by atoms with Gasteiger partial charge in [0.25, 0.3) is 0 Å². The molecule has 0 bridgehead atoms. The molecule has 0 unspecified atom stereocenters. The zero-order valence-corrected chi connectivity index (χ0v) is 13.1. The van der Waals surface area contributed by atoms with Crippen molar-refractivity contribution in [3.63, 3.8) is 0 Å². The molecule has 1 aliphatic heterocycles. The maximum absolute atomic E-state index is 12.3. The largest absolute Gasteiger partial charge is 0.493 e. The van der Waals surface area contributed by atoms with Crippen molar-refractivity contribution in [2.75, 3.05) is 19.7 Å². The molecule has 0 N–H and O–H groups in total. The van der Waals surface area contributed by atoms with Crippen LogP contribution in [-0.4, -0.2) is 40.5 Å². The van der Waals surface area contributed by atoms with Gasteiger partial charge in [-0.25, -0.2) is 9.97 Å². The summed E-state index contributed by atoms with van der Waals surface area (Å²) in [5, 5.41) is 0. The van der Waals surface area contributed by atoms with Gasteiger partial charge in [-0.2, -0.15) is 0 Å². The molecule has 23 heavy (non-hydrogen) atoms. The summed E-state index contributed by atoms with van der Waals surface area (Å²) >= 11 is 0. The molecule has 0 atom stereocenters. The van der Waals surface area contributed by atoms with E-state index in [1.54, 1.807) is 12.5 Å². The first-order valence-corrected chi connectivity index (χ1v) is 8.04. The molecular weight excluding hydrogens is 290 g/mol. The fourth-order valence-electron chi connectivity index (χ4n) is 2.90. The normalized spacial score (nSPS) is 15.4. The molecule has 1 aromatic carbocycles. The van der Waals surface area contributed by atoms with E-state index >= 15 is 0 Å². The van der Waals surface area contributed by atoms with E-state index in [-0.39, 0.29) is 5.91 Å². The Kier molecular flexibility index (Phi) is 5.19. The molecule has 1 fully saturated rings. The predicted octanol–water partition coefficient (Wildman–Crippen LogP) is 2.65. The van der Waals surface area contributed by atoms with Crippen LogP contribution in [0.4, 0.5) is 0 Å². The fourth-order valence-corrected chi connectivity index (χ4v) is 2.90. The molecule has 2 aromatic rings. The molecule has 5 heteroatoms. The summed E-state index contributed by atoms with van der Waals surface area (Å²) in [5.41, 5.74) is 1.08. The molecule has 1 saturated heterocycles. The van der Waals surface area contributed by atoms with E-state index in [0.717, 1.165) is 37.4 Å². The van der Waals surface area contributed by atoms with Crippen molar-refractivity contribution in [3.05, 3.63) is 54.6 Å². The lowest BCUT2D eigenvalue weighted by Gasteiger charge is -2.31. The van der Waals surface area contributed by atoms with Crippen molar-refractivity contribution < 1.29 is 9.53 Å². The highest BCUT2D eigenvalue weighted by Gasteiger charge is 2.24. The SMILES string of the molecule is O=C(CCOc1ccccc1)N1CCC(c2ccncn2)CC1. The molecule has 120 valence electrons. The van der Waals surface area contributed by atoms with Gasteiger partial charge < -0.3 is 9.64 Å². The number of para-hydroxylation sites is 1. The number of hydrogen-bond acceptors (Lipinski definition) is 4. The summed E-state index contributed by atoms with van der Waals surface area (Å²) in [5.74, 6) is 1.41. The average molecular weight is 311 g/mol. The van der Waals surface area contributed by atoms with Crippen molar-refractivity contribution in [1.29, 1.82) is 0 Å². The van der Waals surface area contributed by atoms with Crippen LogP contribution in [0, 0.1) is 0 Å². The minimum Gasteiger partial charge on any atom is -0.493 e. The van der Waals surface area contributed by atoms with Crippen molar-refractivity contribution in [1.82, 2.24) is 14.9 Å². The second kappa shape index (κ2) is 7.72. The van der Waals surface area contributed by atoms with E-state index in [1.807, 2.05) is 41.3 Å². The molecule has 1 amide bonds. The van der Waals surface area contributed by atoms with Crippen LogP contribution in [-0.2, 0) is 4.79 Å². The van der Waals surface area contributed by atoms with Crippen molar-refractivity contribution >= 4 is 5.91 Å². The second-order valence-electron chi connectivity index (χ2n) is 5.70. The molecule has 1 aliphatic rings. The van der Waals surface area contributed by atoms with Gasteiger partial charge in [0.1, 0.15) is 12.1 Å². The van der Waals surface area contributed by atoms with Crippen molar-refractivity contribution in [3.8, 4) is 5.75 Å². The lowest BCUT2D eigenvalue weighted by atomic mass is 9.93. The van der Waals surface area contributed by atoms with Crippen LogP contribution < -0.4 is 4.74 Å². The van der Waals surface area contributed by atoms with Crippen LogP contribution in [0.2, 0.25) is 0 Å². The molecule has 3 rings (SSSR count). The lowest BCUT2D eigenvalue weighted by molar-refractivity contribution is -0.132. The third-order valence-corrected chi connectivity index (χ3v) is 4.20. The third-order valence-electron chi connectivity index (χ3n) is 4.20. The number of carbonyl (C=O) groups excluding carboxylic acids is 1. The number of ether oxygens (including phenoxy) is 1. The average Bonchev–Trinajstić information content (AvgIpc) is 2.63. The van der Waals surface area contributed by atoms with Crippen LogP contribution in [0.1, 0.15) is 30.9 Å². The van der Waals surface area contributed by atoms with Gasteiger partial charge in [-0.05, 0) is 31.0 Å². The first-order chi connectivity index (χ1) is 11.3. The molecule has 1 aromatic heterocycles. The van der Waals surface area contributed by atoms with Crippen LogP contribution in [0.3, 0.4) is 0 Å². The van der Waals surface area contributed by atoms with Gasteiger partial charge in [-0.1, -0.05) is 18.2 Å². The number of amides is 1. The van der Waals surface area contributed by atoms with E-state index in [2.05, 4.69) is 9.97 Å². The Bertz CT molecular complexity index is 611. The van der Waals surface area contributed by atoms with E-state index in [0.29, 0.717) is 18.9 Å². The van der Waals surface area contributed by atoms with E-state index < -0.39 is 0 Å². The Balaban J connectivity index is 1.41. The van der Waals surface area contributed by atoms with E-state index in [9.17, 15) is 4.79 Å². The summed E-state index contributed by atoms with van der Waals surface area (Å²) in [6.45, 7) is 2.01. The van der Waals surface area contributed by atoms with Gasteiger partial charge in [0.15, 0.2) is 0 Å². The van der Waals surface area contributed by atoms with Gasteiger partial charge in [0, 0.05) is 30.9 Å². The Morgan fingerprint density at radius 2 is 1.96 bits per heavy atom. The van der Waals surface area contributed by atoms with Gasteiger partial charge in [-0.15, -0.1) is 0 Å². The lowest BCUT2D eigenvalue weighted by Crippen LogP contribution is -2.38. The van der Waals surface area contributed by atoms with Gasteiger partial charge in [0.05, 0.1) is 13.0 Å². The standard InChI is InChI=1S/C18H21N3O2/c22-18(9-13-23-16-4-2-1-3-5-16)21-11-7-15(8-12-21)17-6-10-19-14-20-17/h1-6,10,14-15H,7-9,11-13H2. The zero-order valence-electron chi connectivity index (χ0n) is 13.1. The van der Waals surface area contributed by atoms with Crippen LogP contribution in [0.15, 0.2) is 48.9 Å². The first kappa shape index (κ1) is 15.5. The van der Waals surface area contributed by atoms with Gasteiger partial charge in [0.2, 0.25) is 5.91 Å². The number of nitrogens with zero attached hydrogens (tertiary/aromatic N) is 3. The molecule has 0 radical (unpaired) electrons. The summed E-state index contributed by atoms with van der Waals surface area (Å²) in [7, 11) is 0. The fraction of sp³-hybridized carbons (Fsp3) is 0.389. The first-order valence-electron chi connectivity index (χ1n) is 8.04. The van der Waals surface area contributed by atoms with Gasteiger partial charge >= 0.3 is 0 Å². The van der Waals surface area contributed by atoms with Gasteiger partial charge in [-0.3, -0.25) is 4.79 Å². The number of likely N-dealkylation sites (tertiary alicyclic amines) is 1. The third kappa shape index (κ3) is 4.28. The molecule has 5 nitrogen and oxygen atoms in total. The van der Waals surface area contributed by atoms with Crippen LogP contribution in [0.25, 0.3) is 0 Å². The number of hydrogen-bond donors (Lipinski definition) is 0. The molecule has 0 saturated carbocycles. The second-order valence-corrected chi connectivity index (χ2v) is 5.70. The number of piperidine rings is 1. The minimum absolute atomic E-state index is 0.169.